The third-order valence-electron chi connectivity index (χ3n) is 3.23. The van der Waals surface area contributed by atoms with Crippen LogP contribution in [0.3, 0.4) is 0 Å². The number of pyridine rings is 1. The van der Waals surface area contributed by atoms with Gasteiger partial charge in [0.15, 0.2) is 0 Å². The summed E-state index contributed by atoms with van der Waals surface area (Å²) in [5.74, 6) is 2.07. The molecule has 2 aromatic heterocycles. The van der Waals surface area contributed by atoms with Crippen molar-refractivity contribution in [1.82, 2.24) is 15.0 Å². The summed E-state index contributed by atoms with van der Waals surface area (Å²) < 4.78 is 0. The Balaban J connectivity index is 1.74. The molecule has 7 heteroatoms. The second-order valence-electron chi connectivity index (χ2n) is 5.15. The molecule has 0 bridgehead atoms. The van der Waals surface area contributed by atoms with Gasteiger partial charge < -0.3 is 10.6 Å². The van der Waals surface area contributed by atoms with Crippen LogP contribution in [0.25, 0.3) is 0 Å². The van der Waals surface area contributed by atoms with Crippen LogP contribution in [0.2, 0.25) is 10.0 Å². The van der Waals surface area contributed by atoms with Crippen molar-refractivity contribution in [3.63, 3.8) is 0 Å². The van der Waals surface area contributed by atoms with Gasteiger partial charge in [-0.05, 0) is 36.8 Å². The van der Waals surface area contributed by atoms with Gasteiger partial charge >= 0.3 is 0 Å². The summed E-state index contributed by atoms with van der Waals surface area (Å²) in [6.45, 7) is 2.48. The molecular formula is C17H15Cl2N5. The van der Waals surface area contributed by atoms with Gasteiger partial charge in [0.2, 0.25) is 0 Å². The Hall–Kier alpha value is -2.37. The molecule has 0 atom stereocenters. The average Bonchev–Trinajstić information content (AvgIpc) is 2.57. The van der Waals surface area contributed by atoms with E-state index in [4.69, 9.17) is 23.2 Å². The number of aromatic nitrogens is 3. The van der Waals surface area contributed by atoms with Crippen molar-refractivity contribution in [1.29, 1.82) is 0 Å². The Kier molecular flexibility index (Phi) is 5.13. The van der Waals surface area contributed by atoms with Gasteiger partial charge in [-0.1, -0.05) is 29.3 Å². The van der Waals surface area contributed by atoms with Crippen LogP contribution < -0.4 is 10.6 Å². The zero-order valence-electron chi connectivity index (χ0n) is 12.9. The van der Waals surface area contributed by atoms with Gasteiger partial charge in [0, 0.05) is 30.7 Å². The molecule has 0 radical (unpaired) electrons. The maximum Gasteiger partial charge on any atom is 0.136 e. The predicted octanol–water partition coefficient (Wildman–Crippen LogP) is 4.84. The first-order chi connectivity index (χ1) is 11.6. The molecule has 0 aliphatic rings. The van der Waals surface area contributed by atoms with Crippen LogP contribution in [0.4, 0.5) is 17.3 Å². The first-order valence-electron chi connectivity index (χ1n) is 7.31. The largest absolute Gasteiger partial charge is 0.366 e. The van der Waals surface area contributed by atoms with Crippen LogP contribution >= 0.6 is 23.2 Å². The molecule has 2 N–H and O–H groups in total. The van der Waals surface area contributed by atoms with E-state index in [2.05, 4.69) is 25.6 Å². The number of halogens is 2. The van der Waals surface area contributed by atoms with E-state index in [1.165, 1.54) is 0 Å². The Bertz CT molecular complexity index is 840. The molecule has 0 fully saturated rings. The lowest BCUT2D eigenvalue weighted by Gasteiger charge is -2.11. The lowest BCUT2D eigenvalue weighted by Crippen LogP contribution is -2.05. The zero-order chi connectivity index (χ0) is 16.9. The minimum atomic E-state index is 0.488. The molecule has 0 spiro atoms. The molecule has 0 aliphatic carbocycles. The maximum atomic E-state index is 6.04. The Morgan fingerprint density at radius 3 is 2.58 bits per heavy atom. The van der Waals surface area contributed by atoms with Crippen molar-refractivity contribution < 1.29 is 0 Å². The summed E-state index contributed by atoms with van der Waals surface area (Å²) in [4.78, 5) is 12.9. The molecule has 1 aromatic carbocycles. The lowest BCUT2D eigenvalue weighted by atomic mass is 10.3. The molecule has 3 aromatic rings. The van der Waals surface area contributed by atoms with Gasteiger partial charge in [-0.3, -0.25) is 4.98 Å². The number of anilines is 3. The lowest BCUT2D eigenvalue weighted by molar-refractivity contribution is 1.02. The third kappa shape index (κ3) is 4.34. The average molecular weight is 360 g/mol. The first kappa shape index (κ1) is 16.5. The van der Waals surface area contributed by atoms with Crippen LogP contribution in [-0.2, 0) is 6.54 Å². The second kappa shape index (κ2) is 7.47. The van der Waals surface area contributed by atoms with Crippen molar-refractivity contribution in [3.05, 3.63) is 70.2 Å². The highest BCUT2D eigenvalue weighted by molar-refractivity contribution is 6.42. The fraction of sp³-hybridized carbons (Fsp3) is 0.118. The smallest absolute Gasteiger partial charge is 0.136 e. The van der Waals surface area contributed by atoms with Gasteiger partial charge in [-0.15, -0.1) is 0 Å². The quantitative estimate of drug-likeness (QED) is 0.682. The molecule has 0 amide bonds. The molecule has 0 saturated carbocycles. The van der Waals surface area contributed by atoms with Crippen LogP contribution in [0.5, 0.6) is 0 Å². The van der Waals surface area contributed by atoms with E-state index < -0.39 is 0 Å². The predicted molar refractivity (Wildman–Crippen MR) is 98.1 cm³/mol. The van der Waals surface area contributed by atoms with Crippen molar-refractivity contribution in [2.24, 2.45) is 0 Å². The van der Waals surface area contributed by atoms with Gasteiger partial charge in [-0.2, -0.15) is 0 Å². The highest BCUT2D eigenvalue weighted by atomic mass is 35.5. The fourth-order valence-corrected chi connectivity index (χ4v) is 2.44. The Morgan fingerprint density at radius 2 is 1.83 bits per heavy atom. The second-order valence-corrected chi connectivity index (χ2v) is 5.97. The van der Waals surface area contributed by atoms with Crippen molar-refractivity contribution in [2.75, 3.05) is 10.6 Å². The van der Waals surface area contributed by atoms with Crippen LogP contribution in [0.15, 0.2) is 48.8 Å². The van der Waals surface area contributed by atoms with Crippen molar-refractivity contribution in [3.8, 4) is 0 Å². The third-order valence-corrected chi connectivity index (χ3v) is 3.97. The molecule has 2 heterocycles. The van der Waals surface area contributed by atoms with Crippen molar-refractivity contribution >= 4 is 40.5 Å². The molecule has 3 rings (SSSR count). The standard InChI is InChI=1S/C17H15Cl2N5/c1-11-22-16(21-10-12-3-2-6-20-9-12)8-17(23-11)24-13-4-5-14(18)15(19)7-13/h2-9H,10H2,1H3,(H2,21,22,23,24). The van der Waals surface area contributed by atoms with Gasteiger partial charge in [0.1, 0.15) is 17.5 Å². The number of hydrogen-bond acceptors (Lipinski definition) is 5. The highest BCUT2D eigenvalue weighted by Crippen LogP contribution is 2.27. The molecule has 5 nitrogen and oxygen atoms in total. The molecular weight excluding hydrogens is 345 g/mol. The van der Waals surface area contributed by atoms with E-state index in [-0.39, 0.29) is 0 Å². The van der Waals surface area contributed by atoms with Crippen LogP contribution in [0, 0.1) is 6.92 Å². The van der Waals surface area contributed by atoms with Crippen molar-refractivity contribution in [2.45, 2.75) is 13.5 Å². The number of benzene rings is 1. The molecule has 0 saturated heterocycles. The molecule has 24 heavy (non-hydrogen) atoms. The topological polar surface area (TPSA) is 62.7 Å². The Morgan fingerprint density at radius 1 is 1.00 bits per heavy atom. The molecule has 0 aliphatic heterocycles. The summed E-state index contributed by atoms with van der Waals surface area (Å²) in [6, 6.07) is 11.1. The van der Waals surface area contributed by atoms with E-state index in [1.807, 2.05) is 37.4 Å². The first-order valence-corrected chi connectivity index (χ1v) is 8.06. The summed E-state index contributed by atoms with van der Waals surface area (Å²) >= 11 is 12.0. The summed E-state index contributed by atoms with van der Waals surface area (Å²) in [7, 11) is 0. The fourth-order valence-electron chi connectivity index (χ4n) is 2.14. The van der Waals surface area contributed by atoms with E-state index in [0.29, 0.717) is 28.2 Å². The zero-order valence-corrected chi connectivity index (χ0v) is 14.4. The molecule has 122 valence electrons. The van der Waals surface area contributed by atoms with Crippen LogP contribution in [-0.4, -0.2) is 15.0 Å². The maximum absolute atomic E-state index is 6.04. The minimum absolute atomic E-state index is 0.488. The van der Waals surface area contributed by atoms with E-state index in [9.17, 15) is 0 Å². The van der Waals surface area contributed by atoms with Crippen LogP contribution in [0.1, 0.15) is 11.4 Å². The monoisotopic (exact) mass is 359 g/mol. The number of nitrogens with one attached hydrogen (secondary N) is 2. The van der Waals surface area contributed by atoms with Gasteiger partial charge in [-0.25, -0.2) is 9.97 Å². The number of aryl methyl sites for hydroxylation is 1. The summed E-state index contributed by atoms with van der Waals surface area (Å²) in [6.07, 6.45) is 3.56. The Labute approximate surface area is 150 Å². The summed E-state index contributed by atoms with van der Waals surface area (Å²) in [5.41, 5.74) is 1.88. The number of nitrogens with zero attached hydrogens (tertiary/aromatic N) is 3. The number of rotatable bonds is 5. The van der Waals surface area contributed by atoms with E-state index in [1.54, 1.807) is 18.3 Å². The van der Waals surface area contributed by atoms with E-state index in [0.717, 1.165) is 17.1 Å². The summed E-state index contributed by atoms with van der Waals surface area (Å²) in [5, 5.41) is 7.48. The highest BCUT2D eigenvalue weighted by Gasteiger charge is 2.05. The molecule has 0 unspecified atom stereocenters. The number of hydrogen-bond donors (Lipinski definition) is 2. The van der Waals surface area contributed by atoms with Gasteiger partial charge in [0.25, 0.3) is 0 Å². The van der Waals surface area contributed by atoms with E-state index >= 15 is 0 Å². The SMILES string of the molecule is Cc1nc(NCc2cccnc2)cc(Nc2ccc(Cl)c(Cl)c2)n1. The normalized spacial score (nSPS) is 10.5. The minimum Gasteiger partial charge on any atom is -0.366 e. The van der Waals surface area contributed by atoms with Gasteiger partial charge in [0.05, 0.1) is 10.0 Å².